The fourth-order valence-corrected chi connectivity index (χ4v) is 0.945. The average Bonchev–Trinajstić information content (AvgIpc) is 1.95. The summed E-state index contributed by atoms with van der Waals surface area (Å²) in [5.41, 5.74) is 2.50. The summed E-state index contributed by atoms with van der Waals surface area (Å²) < 4.78 is 5.13. The first-order chi connectivity index (χ1) is 4.75. The van der Waals surface area contributed by atoms with Crippen molar-refractivity contribution in [1.82, 2.24) is 0 Å². The summed E-state index contributed by atoms with van der Waals surface area (Å²) in [5.74, 6) is 0.972. The van der Waals surface area contributed by atoms with E-state index in [1.54, 1.807) is 7.11 Å². The Bertz CT molecular complexity index is 233. The number of ether oxygens (including phenoxy) is 1. The van der Waals surface area contributed by atoms with E-state index in [1.807, 2.05) is 12.1 Å². The van der Waals surface area contributed by atoms with Crippen LogP contribution < -0.4 is 4.74 Å². The average molecular weight is 156 g/mol. The zero-order chi connectivity index (χ0) is 7.56. The normalized spacial score (nSPS) is 8.64. The van der Waals surface area contributed by atoms with Crippen LogP contribution in [0.5, 0.6) is 5.75 Å². The van der Waals surface area contributed by atoms with Crippen molar-refractivity contribution in [3.05, 3.63) is 29.3 Å². The van der Waals surface area contributed by atoms with Crippen LogP contribution in [0.25, 0.3) is 0 Å². The van der Waals surface area contributed by atoms with E-state index in [9.17, 15) is 0 Å². The quantitative estimate of drug-likeness (QED) is 0.607. The Balaban J connectivity index is 0.000001000. The number of benzene rings is 1. The first kappa shape index (κ1) is 9.95. The summed E-state index contributed by atoms with van der Waals surface area (Å²) >= 11 is 0. The summed E-state index contributed by atoms with van der Waals surface area (Å²) in [6, 6.07) is 6.06. The number of aryl methyl sites for hydroxylation is 1. The van der Waals surface area contributed by atoms with Crippen LogP contribution >= 0.6 is 0 Å². The summed E-state index contributed by atoms with van der Waals surface area (Å²) in [6.07, 6.45) is 0. The van der Waals surface area contributed by atoms with E-state index in [-0.39, 0.29) is 4.70 Å². The predicted octanol–water partition coefficient (Wildman–Crippen LogP) is 2.46. The second-order valence-electron chi connectivity index (χ2n) is 2.40. The Kier molecular flexibility index (Phi) is 3.58. The van der Waals surface area contributed by atoms with Crippen LogP contribution in [0.3, 0.4) is 0 Å². The van der Waals surface area contributed by atoms with E-state index in [0.717, 1.165) is 5.75 Å². The van der Waals surface area contributed by atoms with Crippen molar-refractivity contribution in [2.45, 2.75) is 13.8 Å². The second kappa shape index (κ2) is 3.96. The Morgan fingerprint density at radius 1 is 1.18 bits per heavy atom. The zero-order valence-corrected chi connectivity index (χ0v) is 7.05. The van der Waals surface area contributed by atoms with E-state index >= 15 is 0 Å². The number of hydrogen-bond donors (Lipinski definition) is 0. The standard InChI is InChI=1S/C9H12O.FH/c1-7-5-4-6-9(10-3)8(7)2;/h4-6H,1-3H3;1H. The number of hydrogen-bond acceptors (Lipinski definition) is 1. The molecule has 0 unspecified atom stereocenters. The Morgan fingerprint density at radius 2 is 1.82 bits per heavy atom. The smallest absolute Gasteiger partial charge is 0.122 e. The van der Waals surface area contributed by atoms with Crippen LogP contribution in [0.15, 0.2) is 18.2 Å². The van der Waals surface area contributed by atoms with Gasteiger partial charge in [0.25, 0.3) is 0 Å². The summed E-state index contributed by atoms with van der Waals surface area (Å²) in [4.78, 5) is 0. The van der Waals surface area contributed by atoms with Gasteiger partial charge < -0.3 is 4.74 Å². The molecule has 1 aromatic rings. The minimum absolute atomic E-state index is 0. The molecule has 1 aromatic carbocycles. The molecule has 1 rings (SSSR count). The molecule has 1 nitrogen and oxygen atoms in total. The van der Waals surface area contributed by atoms with E-state index in [4.69, 9.17) is 4.74 Å². The molecule has 0 amide bonds. The van der Waals surface area contributed by atoms with Gasteiger partial charge in [-0.2, -0.15) is 0 Å². The van der Waals surface area contributed by atoms with E-state index in [1.165, 1.54) is 11.1 Å². The number of halogens is 1. The van der Waals surface area contributed by atoms with Crippen molar-refractivity contribution in [2.75, 3.05) is 7.11 Å². The number of rotatable bonds is 1. The molecule has 62 valence electrons. The molecule has 0 heterocycles. The summed E-state index contributed by atoms with van der Waals surface area (Å²) in [5, 5.41) is 0. The van der Waals surface area contributed by atoms with Gasteiger partial charge in [-0.05, 0) is 31.0 Å². The lowest BCUT2D eigenvalue weighted by Crippen LogP contribution is -1.88. The van der Waals surface area contributed by atoms with Crippen molar-refractivity contribution < 1.29 is 9.44 Å². The molecule has 0 aliphatic rings. The monoisotopic (exact) mass is 156 g/mol. The highest BCUT2D eigenvalue weighted by Gasteiger charge is 1.97. The summed E-state index contributed by atoms with van der Waals surface area (Å²) in [7, 11) is 1.70. The van der Waals surface area contributed by atoms with Gasteiger partial charge in [0.05, 0.1) is 7.11 Å². The molecule has 11 heavy (non-hydrogen) atoms. The lowest BCUT2D eigenvalue weighted by atomic mass is 10.1. The van der Waals surface area contributed by atoms with Gasteiger partial charge >= 0.3 is 0 Å². The second-order valence-corrected chi connectivity index (χ2v) is 2.40. The fourth-order valence-electron chi connectivity index (χ4n) is 0.945. The Morgan fingerprint density at radius 3 is 2.27 bits per heavy atom. The van der Waals surface area contributed by atoms with Crippen molar-refractivity contribution in [1.29, 1.82) is 0 Å². The topological polar surface area (TPSA) is 9.23 Å². The lowest BCUT2D eigenvalue weighted by molar-refractivity contribution is 0.411. The highest BCUT2D eigenvalue weighted by atomic mass is 19.0. The molecule has 0 saturated carbocycles. The van der Waals surface area contributed by atoms with E-state index in [2.05, 4.69) is 19.9 Å². The molecule has 0 radical (unpaired) electrons. The molecule has 0 spiro atoms. The van der Waals surface area contributed by atoms with E-state index < -0.39 is 0 Å². The SMILES string of the molecule is COc1cccc(C)c1C.F. The van der Waals surface area contributed by atoms with Crippen LogP contribution in [0.1, 0.15) is 11.1 Å². The van der Waals surface area contributed by atoms with Gasteiger partial charge in [0.2, 0.25) is 0 Å². The third kappa shape index (κ3) is 1.93. The molecular formula is C9H13FO. The van der Waals surface area contributed by atoms with Gasteiger partial charge in [-0.15, -0.1) is 0 Å². The molecule has 2 heteroatoms. The molecule has 0 aliphatic heterocycles. The van der Waals surface area contributed by atoms with Crippen molar-refractivity contribution in [3.63, 3.8) is 0 Å². The Labute approximate surface area is 66.4 Å². The fraction of sp³-hybridized carbons (Fsp3) is 0.333. The molecule has 0 bridgehead atoms. The first-order valence-electron chi connectivity index (χ1n) is 3.36. The minimum Gasteiger partial charge on any atom is -0.496 e. The van der Waals surface area contributed by atoms with Crippen LogP contribution in [0, 0.1) is 13.8 Å². The predicted molar refractivity (Wildman–Crippen MR) is 45.0 cm³/mol. The highest BCUT2D eigenvalue weighted by molar-refractivity contribution is 5.37. The van der Waals surface area contributed by atoms with Crippen molar-refractivity contribution in [3.8, 4) is 5.75 Å². The molecule has 0 saturated heterocycles. The van der Waals surface area contributed by atoms with Crippen LogP contribution in [-0.2, 0) is 0 Å². The molecule has 0 atom stereocenters. The van der Waals surface area contributed by atoms with Crippen molar-refractivity contribution >= 4 is 0 Å². The third-order valence-electron chi connectivity index (χ3n) is 1.77. The summed E-state index contributed by atoms with van der Waals surface area (Å²) in [6.45, 7) is 4.14. The third-order valence-corrected chi connectivity index (χ3v) is 1.77. The largest absolute Gasteiger partial charge is 0.496 e. The Hall–Kier alpha value is -1.05. The van der Waals surface area contributed by atoms with Crippen molar-refractivity contribution in [2.24, 2.45) is 0 Å². The molecule has 0 fully saturated rings. The zero-order valence-electron chi connectivity index (χ0n) is 7.05. The van der Waals surface area contributed by atoms with Gasteiger partial charge in [-0.25, -0.2) is 0 Å². The van der Waals surface area contributed by atoms with Gasteiger partial charge in [0, 0.05) is 0 Å². The number of methoxy groups -OCH3 is 1. The van der Waals surface area contributed by atoms with Gasteiger partial charge in [0.15, 0.2) is 0 Å². The maximum atomic E-state index is 5.13. The van der Waals surface area contributed by atoms with Gasteiger partial charge in [-0.1, -0.05) is 12.1 Å². The van der Waals surface area contributed by atoms with E-state index in [0.29, 0.717) is 0 Å². The van der Waals surface area contributed by atoms with Gasteiger partial charge in [-0.3, -0.25) is 4.70 Å². The lowest BCUT2D eigenvalue weighted by Gasteiger charge is -2.05. The van der Waals surface area contributed by atoms with Gasteiger partial charge in [0.1, 0.15) is 5.75 Å². The van der Waals surface area contributed by atoms with Crippen LogP contribution in [0.2, 0.25) is 0 Å². The molecular weight excluding hydrogens is 143 g/mol. The molecule has 0 aromatic heterocycles. The first-order valence-corrected chi connectivity index (χ1v) is 3.36. The van der Waals surface area contributed by atoms with Crippen LogP contribution in [-0.4, -0.2) is 7.11 Å². The maximum Gasteiger partial charge on any atom is 0.122 e. The maximum absolute atomic E-state index is 5.13. The molecule has 0 aliphatic carbocycles. The minimum atomic E-state index is 0. The van der Waals surface area contributed by atoms with Crippen LogP contribution in [0.4, 0.5) is 4.70 Å². The molecule has 0 N–H and O–H groups in total. The highest BCUT2D eigenvalue weighted by Crippen LogP contribution is 2.19.